The Bertz CT molecular complexity index is 1430. The van der Waals surface area contributed by atoms with Crippen LogP contribution in [-0.2, 0) is 16.0 Å². The van der Waals surface area contributed by atoms with Crippen LogP contribution in [0.3, 0.4) is 0 Å². The molecule has 4 heterocycles. The topological polar surface area (TPSA) is 117 Å². The molecule has 0 bridgehead atoms. The minimum absolute atomic E-state index is 0.0205. The van der Waals surface area contributed by atoms with E-state index in [1.807, 2.05) is 40.7 Å². The zero-order chi connectivity index (χ0) is 30.3. The van der Waals surface area contributed by atoms with E-state index in [4.69, 9.17) is 14.2 Å². The summed E-state index contributed by atoms with van der Waals surface area (Å²) in [6.45, 7) is 1.70. The Morgan fingerprint density at radius 2 is 1.75 bits per heavy atom. The van der Waals surface area contributed by atoms with Crippen LogP contribution in [0.1, 0.15) is 78.6 Å². The standard InChI is InChI=1S/C32H40FN5O5S/c33-21-19-26(32(34-20-21)43-24-12-17-44-18-13-24)30(39)35-22-8-10-23(11-9-22)36-31(40)29-25-5-1-2-6-27(25)38(37-29)14-16-42-28-7-3-4-15-41-28/h1-2,5-6,19-20,22-24,28H,3-4,7-18H2,(H,35,39)(H,36,40)/t22-,23+,28?. The normalized spacial score (nSPS) is 22.9. The van der Waals surface area contributed by atoms with Crippen LogP contribution in [-0.4, -0.2) is 75.8 Å². The van der Waals surface area contributed by atoms with Gasteiger partial charge in [-0.3, -0.25) is 14.3 Å². The lowest BCUT2D eigenvalue weighted by atomic mass is 9.91. The Kier molecular flexibility index (Phi) is 10.3. The molecule has 1 atom stereocenters. The minimum Gasteiger partial charge on any atom is -0.474 e. The fourth-order valence-corrected chi connectivity index (χ4v) is 7.18. The molecule has 1 aliphatic carbocycles. The Morgan fingerprint density at radius 1 is 1.00 bits per heavy atom. The highest BCUT2D eigenvalue weighted by Crippen LogP contribution is 2.26. The largest absolute Gasteiger partial charge is 0.474 e. The zero-order valence-electron chi connectivity index (χ0n) is 24.8. The summed E-state index contributed by atoms with van der Waals surface area (Å²) in [6.07, 6.45) is 8.50. The summed E-state index contributed by atoms with van der Waals surface area (Å²) in [7, 11) is 0. The van der Waals surface area contributed by atoms with E-state index in [2.05, 4.69) is 20.7 Å². The van der Waals surface area contributed by atoms with Crippen LogP contribution < -0.4 is 15.4 Å². The molecule has 10 nitrogen and oxygen atoms in total. The van der Waals surface area contributed by atoms with Gasteiger partial charge in [-0.25, -0.2) is 9.37 Å². The Labute approximate surface area is 260 Å². The van der Waals surface area contributed by atoms with Gasteiger partial charge in [-0.15, -0.1) is 0 Å². The van der Waals surface area contributed by atoms with Gasteiger partial charge in [0.15, 0.2) is 12.0 Å². The number of halogens is 1. The first-order valence-electron chi connectivity index (χ1n) is 15.7. The smallest absolute Gasteiger partial charge is 0.272 e. The Balaban J connectivity index is 1.02. The number of nitrogens with zero attached hydrogens (tertiary/aromatic N) is 3. The van der Waals surface area contributed by atoms with Crippen LogP contribution >= 0.6 is 11.8 Å². The van der Waals surface area contributed by atoms with E-state index < -0.39 is 5.82 Å². The molecule has 1 saturated carbocycles. The molecule has 2 N–H and O–H groups in total. The van der Waals surface area contributed by atoms with Crippen molar-refractivity contribution in [2.24, 2.45) is 0 Å². The quantitative estimate of drug-likeness (QED) is 0.328. The molecule has 6 rings (SSSR count). The molecule has 12 heteroatoms. The maximum atomic E-state index is 14.1. The number of hydrogen-bond acceptors (Lipinski definition) is 8. The van der Waals surface area contributed by atoms with E-state index in [0.29, 0.717) is 44.5 Å². The van der Waals surface area contributed by atoms with Crippen LogP contribution in [0.5, 0.6) is 5.88 Å². The van der Waals surface area contributed by atoms with Gasteiger partial charge in [-0.05, 0) is 81.4 Å². The number of thioether (sulfide) groups is 1. The van der Waals surface area contributed by atoms with Gasteiger partial charge >= 0.3 is 0 Å². The third-order valence-corrected chi connectivity index (χ3v) is 9.57. The van der Waals surface area contributed by atoms with Crippen molar-refractivity contribution in [2.75, 3.05) is 24.7 Å². The number of aromatic nitrogens is 3. The number of hydrogen-bond donors (Lipinski definition) is 2. The van der Waals surface area contributed by atoms with Crippen LogP contribution in [0.4, 0.5) is 4.39 Å². The van der Waals surface area contributed by atoms with Crippen LogP contribution in [0.2, 0.25) is 0 Å². The van der Waals surface area contributed by atoms with E-state index in [9.17, 15) is 14.0 Å². The van der Waals surface area contributed by atoms with Crippen molar-refractivity contribution in [3.63, 3.8) is 0 Å². The molecule has 1 unspecified atom stereocenters. The van der Waals surface area contributed by atoms with Crippen molar-refractivity contribution in [2.45, 2.75) is 88.8 Å². The van der Waals surface area contributed by atoms with Crippen molar-refractivity contribution in [3.8, 4) is 5.88 Å². The van der Waals surface area contributed by atoms with E-state index in [1.165, 1.54) is 6.07 Å². The first-order valence-corrected chi connectivity index (χ1v) is 16.9. The number of benzene rings is 1. The number of pyridine rings is 1. The molecule has 3 aromatic rings. The summed E-state index contributed by atoms with van der Waals surface area (Å²) in [4.78, 5) is 30.6. The molecule has 2 amide bonds. The number of fused-ring (bicyclic) bond motifs is 1. The fraction of sp³-hybridized carbons (Fsp3) is 0.562. The van der Waals surface area contributed by atoms with E-state index in [1.54, 1.807) is 0 Å². The molecule has 0 radical (unpaired) electrons. The summed E-state index contributed by atoms with van der Waals surface area (Å²) in [5.41, 5.74) is 1.40. The zero-order valence-corrected chi connectivity index (χ0v) is 25.7. The molecule has 2 saturated heterocycles. The van der Waals surface area contributed by atoms with Crippen LogP contribution in [0, 0.1) is 5.82 Å². The predicted molar refractivity (Wildman–Crippen MR) is 165 cm³/mol. The molecule has 0 spiro atoms. The van der Waals surface area contributed by atoms with Gasteiger partial charge in [0, 0.05) is 24.1 Å². The number of amides is 2. The maximum absolute atomic E-state index is 14.1. The highest BCUT2D eigenvalue weighted by atomic mass is 32.2. The predicted octanol–water partition coefficient (Wildman–Crippen LogP) is 4.86. The van der Waals surface area contributed by atoms with Gasteiger partial charge in [0.05, 0.1) is 24.9 Å². The first-order chi connectivity index (χ1) is 21.5. The lowest BCUT2D eigenvalue weighted by Gasteiger charge is -2.30. The second-order valence-electron chi connectivity index (χ2n) is 11.7. The van der Waals surface area contributed by atoms with Gasteiger partial charge in [0.1, 0.15) is 17.5 Å². The monoisotopic (exact) mass is 625 g/mol. The molecule has 3 fully saturated rings. The van der Waals surface area contributed by atoms with Crippen molar-refractivity contribution < 1.29 is 28.2 Å². The average Bonchev–Trinajstić information content (AvgIpc) is 3.42. The number of para-hydroxylation sites is 1. The highest BCUT2D eigenvalue weighted by Gasteiger charge is 2.28. The average molecular weight is 626 g/mol. The lowest BCUT2D eigenvalue weighted by Crippen LogP contribution is -2.44. The first kappa shape index (κ1) is 30.8. The molecular weight excluding hydrogens is 585 g/mol. The highest BCUT2D eigenvalue weighted by molar-refractivity contribution is 7.99. The number of carbonyl (C=O) groups is 2. The second-order valence-corrected chi connectivity index (χ2v) is 12.9. The van der Waals surface area contributed by atoms with Crippen molar-refractivity contribution in [1.82, 2.24) is 25.4 Å². The molecule has 3 aliphatic rings. The van der Waals surface area contributed by atoms with Crippen molar-refractivity contribution >= 4 is 34.5 Å². The molecule has 2 aromatic heterocycles. The third kappa shape index (κ3) is 7.70. The Morgan fingerprint density at radius 3 is 2.50 bits per heavy atom. The molecule has 1 aromatic carbocycles. The maximum Gasteiger partial charge on any atom is 0.272 e. The molecule has 44 heavy (non-hydrogen) atoms. The molecule has 2 aliphatic heterocycles. The number of nitrogens with one attached hydrogen (secondary N) is 2. The number of carbonyl (C=O) groups excluding carboxylic acids is 2. The van der Waals surface area contributed by atoms with Gasteiger partial charge < -0.3 is 24.8 Å². The number of ether oxygens (including phenoxy) is 3. The van der Waals surface area contributed by atoms with Gasteiger partial charge in [-0.1, -0.05) is 18.2 Å². The van der Waals surface area contributed by atoms with Gasteiger partial charge in [-0.2, -0.15) is 16.9 Å². The number of rotatable bonds is 10. The van der Waals surface area contributed by atoms with E-state index in [0.717, 1.165) is 67.3 Å². The summed E-state index contributed by atoms with van der Waals surface area (Å²) in [5, 5.41) is 11.7. The van der Waals surface area contributed by atoms with E-state index >= 15 is 0 Å². The SMILES string of the molecule is O=C(N[C@H]1CC[C@@H](NC(=O)c2nn(CCOC3CCCCO3)c3ccccc23)CC1)c1cc(F)cnc1OC1CCSCC1. The van der Waals surface area contributed by atoms with Gasteiger partial charge in [0.2, 0.25) is 5.88 Å². The summed E-state index contributed by atoms with van der Waals surface area (Å²) >= 11 is 1.88. The van der Waals surface area contributed by atoms with Crippen LogP contribution in [0.15, 0.2) is 36.5 Å². The van der Waals surface area contributed by atoms with Gasteiger partial charge in [0.25, 0.3) is 11.8 Å². The van der Waals surface area contributed by atoms with Crippen molar-refractivity contribution in [1.29, 1.82) is 0 Å². The molecule has 236 valence electrons. The van der Waals surface area contributed by atoms with Crippen LogP contribution in [0.25, 0.3) is 10.9 Å². The summed E-state index contributed by atoms with van der Waals surface area (Å²) in [5.74, 6) is 1.00. The Hall–Kier alpha value is -3.22. The second kappa shape index (κ2) is 14.7. The van der Waals surface area contributed by atoms with Crippen molar-refractivity contribution in [3.05, 3.63) is 53.6 Å². The lowest BCUT2D eigenvalue weighted by molar-refractivity contribution is -0.163. The van der Waals surface area contributed by atoms with E-state index in [-0.39, 0.29) is 47.7 Å². The third-order valence-electron chi connectivity index (χ3n) is 8.52. The summed E-state index contributed by atoms with van der Waals surface area (Å²) in [6, 6.07) is 8.79. The molecular formula is C32H40FN5O5S. The summed E-state index contributed by atoms with van der Waals surface area (Å²) < 4.78 is 33.5. The minimum atomic E-state index is -0.575. The fourth-order valence-electron chi connectivity index (χ4n) is 6.11.